The van der Waals surface area contributed by atoms with E-state index in [9.17, 15) is 4.79 Å². The third kappa shape index (κ3) is 2.52. The maximum absolute atomic E-state index is 12.3. The topological polar surface area (TPSA) is 45.5 Å². The van der Waals surface area contributed by atoms with E-state index in [4.69, 9.17) is 4.42 Å². The monoisotopic (exact) mass is 236 g/mol. The maximum atomic E-state index is 12.3. The van der Waals surface area contributed by atoms with Crippen LogP contribution in [-0.4, -0.2) is 36.0 Å². The molecule has 0 radical (unpaired) electrons. The molecule has 1 aromatic rings. The van der Waals surface area contributed by atoms with Gasteiger partial charge in [0.15, 0.2) is 5.76 Å². The summed E-state index contributed by atoms with van der Waals surface area (Å²) in [7, 11) is 0. The minimum absolute atomic E-state index is 0.00514. The van der Waals surface area contributed by atoms with Crippen LogP contribution in [0.25, 0.3) is 0 Å². The number of carbonyl (C=O) groups excluding carboxylic acids is 1. The Morgan fingerprint density at radius 1 is 1.53 bits per heavy atom. The molecule has 0 aliphatic carbocycles. The van der Waals surface area contributed by atoms with Crippen LogP contribution in [0.2, 0.25) is 0 Å². The molecule has 1 N–H and O–H groups in total. The maximum Gasteiger partial charge on any atom is 0.289 e. The SMILES string of the molecule is CCc1ccc(C(=O)N2CC(C)NCC2C)o1. The van der Waals surface area contributed by atoms with Gasteiger partial charge in [0.25, 0.3) is 5.91 Å². The average Bonchev–Trinajstić information content (AvgIpc) is 2.80. The van der Waals surface area contributed by atoms with E-state index in [2.05, 4.69) is 19.2 Å². The lowest BCUT2D eigenvalue weighted by Gasteiger charge is -2.37. The lowest BCUT2D eigenvalue weighted by molar-refractivity contribution is 0.0582. The minimum atomic E-state index is 0.00514. The molecule has 2 atom stereocenters. The Bertz CT molecular complexity index is 400. The third-order valence-electron chi connectivity index (χ3n) is 3.25. The van der Waals surface area contributed by atoms with Crippen molar-refractivity contribution in [3.05, 3.63) is 23.7 Å². The van der Waals surface area contributed by atoms with Crippen molar-refractivity contribution in [2.75, 3.05) is 13.1 Å². The quantitative estimate of drug-likeness (QED) is 0.849. The summed E-state index contributed by atoms with van der Waals surface area (Å²) in [6.07, 6.45) is 0.820. The summed E-state index contributed by atoms with van der Waals surface area (Å²) >= 11 is 0. The number of rotatable bonds is 2. The summed E-state index contributed by atoms with van der Waals surface area (Å²) < 4.78 is 5.52. The highest BCUT2D eigenvalue weighted by Crippen LogP contribution is 2.15. The number of amides is 1. The zero-order valence-corrected chi connectivity index (χ0v) is 10.7. The van der Waals surface area contributed by atoms with Crippen LogP contribution >= 0.6 is 0 Å². The van der Waals surface area contributed by atoms with Gasteiger partial charge >= 0.3 is 0 Å². The summed E-state index contributed by atoms with van der Waals surface area (Å²) in [5.74, 6) is 1.33. The fourth-order valence-electron chi connectivity index (χ4n) is 2.13. The van der Waals surface area contributed by atoms with E-state index in [1.165, 1.54) is 0 Å². The number of furan rings is 1. The Labute approximate surface area is 102 Å². The highest BCUT2D eigenvalue weighted by molar-refractivity contribution is 5.91. The molecule has 17 heavy (non-hydrogen) atoms. The van der Waals surface area contributed by atoms with Gasteiger partial charge in [-0.3, -0.25) is 4.79 Å². The molecule has 94 valence electrons. The largest absolute Gasteiger partial charge is 0.456 e. The first-order valence-electron chi connectivity index (χ1n) is 6.25. The molecule has 2 rings (SSSR count). The van der Waals surface area contributed by atoms with Gasteiger partial charge in [-0.15, -0.1) is 0 Å². The molecule has 2 heterocycles. The molecule has 1 aliphatic heterocycles. The Morgan fingerprint density at radius 3 is 2.94 bits per heavy atom. The highest BCUT2D eigenvalue weighted by Gasteiger charge is 2.28. The Balaban J connectivity index is 2.12. The smallest absolute Gasteiger partial charge is 0.289 e. The molecule has 0 bridgehead atoms. The van der Waals surface area contributed by atoms with E-state index >= 15 is 0 Å². The molecule has 2 unspecified atom stereocenters. The Kier molecular flexibility index (Phi) is 3.52. The standard InChI is InChI=1S/C13H20N2O2/c1-4-11-5-6-12(17-11)13(16)15-8-9(2)14-7-10(15)3/h5-6,9-10,14H,4,7-8H2,1-3H3. The van der Waals surface area contributed by atoms with Crippen molar-refractivity contribution in [1.82, 2.24) is 10.2 Å². The number of aryl methyl sites for hydroxylation is 1. The molecule has 0 saturated carbocycles. The molecular formula is C13H20N2O2. The average molecular weight is 236 g/mol. The normalized spacial score (nSPS) is 25.0. The zero-order valence-electron chi connectivity index (χ0n) is 10.7. The lowest BCUT2D eigenvalue weighted by Crippen LogP contribution is -2.56. The summed E-state index contributed by atoms with van der Waals surface area (Å²) in [4.78, 5) is 14.2. The van der Waals surface area contributed by atoms with E-state index in [1.807, 2.05) is 17.9 Å². The predicted octanol–water partition coefficient (Wildman–Crippen LogP) is 1.66. The molecule has 1 fully saturated rings. The van der Waals surface area contributed by atoms with Crippen LogP contribution in [-0.2, 0) is 6.42 Å². The fraction of sp³-hybridized carbons (Fsp3) is 0.615. The predicted molar refractivity (Wildman–Crippen MR) is 66.0 cm³/mol. The van der Waals surface area contributed by atoms with Crippen LogP contribution in [0.15, 0.2) is 16.5 Å². The number of hydrogen-bond donors (Lipinski definition) is 1. The second-order valence-corrected chi connectivity index (χ2v) is 4.74. The van der Waals surface area contributed by atoms with Gasteiger partial charge in [0.1, 0.15) is 5.76 Å². The van der Waals surface area contributed by atoms with Gasteiger partial charge in [-0.25, -0.2) is 0 Å². The van der Waals surface area contributed by atoms with Crippen LogP contribution in [0.5, 0.6) is 0 Å². The molecule has 0 aromatic carbocycles. The van der Waals surface area contributed by atoms with Crippen LogP contribution in [0.1, 0.15) is 37.1 Å². The van der Waals surface area contributed by atoms with E-state index in [0.717, 1.165) is 25.3 Å². The Hall–Kier alpha value is -1.29. The molecule has 1 amide bonds. The van der Waals surface area contributed by atoms with Crippen LogP contribution < -0.4 is 5.32 Å². The van der Waals surface area contributed by atoms with Gasteiger partial charge in [0.05, 0.1) is 0 Å². The van der Waals surface area contributed by atoms with Gasteiger partial charge in [0, 0.05) is 31.6 Å². The van der Waals surface area contributed by atoms with Crippen molar-refractivity contribution in [2.45, 2.75) is 39.3 Å². The van der Waals surface area contributed by atoms with Crippen molar-refractivity contribution < 1.29 is 9.21 Å². The minimum Gasteiger partial charge on any atom is -0.456 e. The van der Waals surface area contributed by atoms with Crippen molar-refractivity contribution in [3.8, 4) is 0 Å². The zero-order chi connectivity index (χ0) is 12.4. The Morgan fingerprint density at radius 2 is 2.29 bits per heavy atom. The van der Waals surface area contributed by atoms with Gasteiger partial charge in [0.2, 0.25) is 0 Å². The number of nitrogens with one attached hydrogen (secondary N) is 1. The third-order valence-corrected chi connectivity index (χ3v) is 3.25. The molecule has 1 aliphatic rings. The van der Waals surface area contributed by atoms with Gasteiger partial charge < -0.3 is 14.6 Å². The molecule has 1 saturated heterocycles. The van der Waals surface area contributed by atoms with Crippen molar-refractivity contribution >= 4 is 5.91 Å². The van der Waals surface area contributed by atoms with E-state index in [1.54, 1.807) is 6.07 Å². The lowest BCUT2D eigenvalue weighted by atomic mass is 10.1. The molecule has 4 heteroatoms. The number of nitrogens with zero attached hydrogens (tertiary/aromatic N) is 1. The first-order chi connectivity index (χ1) is 8.11. The van der Waals surface area contributed by atoms with Crippen LogP contribution in [0.4, 0.5) is 0 Å². The molecule has 0 spiro atoms. The van der Waals surface area contributed by atoms with Crippen molar-refractivity contribution in [3.63, 3.8) is 0 Å². The van der Waals surface area contributed by atoms with Gasteiger partial charge in [-0.1, -0.05) is 6.92 Å². The highest BCUT2D eigenvalue weighted by atomic mass is 16.4. The molecule has 4 nitrogen and oxygen atoms in total. The summed E-state index contributed by atoms with van der Waals surface area (Å²) in [5.41, 5.74) is 0. The molecular weight excluding hydrogens is 216 g/mol. The van der Waals surface area contributed by atoms with E-state index in [-0.39, 0.29) is 11.9 Å². The number of piperazine rings is 1. The second-order valence-electron chi connectivity index (χ2n) is 4.74. The van der Waals surface area contributed by atoms with Crippen LogP contribution in [0.3, 0.4) is 0 Å². The first kappa shape index (κ1) is 12.2. The second kappa shape index (κ2) is 4.92. The van der Waals surface area contributed by atoms with Crippen molar-refractivity contribution in [2.24, 2.45) is 0 Å². The summed E-state index contributed by atoms with van der Waals surface area (Å²) in [6.45, 7) is 7.74. The van der Waals surface area contributed by atoms with Gasteiger partial charge in [-0.2, -0.15) is 0 Å². The van der Waals surface area contributed by atoms with Crippen molar-refractivity contribution in [1.29, 1.82) is 0 Å². The number of carbonyl (C=O) groups is 1. The molecule has 1 aromatic heterocycles. The summed E-state index contributed by atoms with van der Waals surface area (Å²) in [6, 6.07) is 4.22. The van der Waals surface area contributed by atoms with E-state index in [0.29, 0.717) is 11.8 Å². The number of hydrogen-bond acceptors (Lipinski definition) is 3. The first-order valence-corrected chi connectivity index (χ1v) is 6.25. The van der Waals surface area contributed by atoms with E-state index < -0.39 is 0 Å². The van der Waals surface area contributed by atoms with Gasteiger partial charge in [-0.05, 0) is 26.0 Å². The fourth-order valence-corrected chi connectivity index (χ4v) is 2.13. The summed E-state index contributed by atoms with van der Waals surface area (Å²) in [5, 5.41) is 3.36. The van der Waals surface area contributed by atoms with Crippen LogP contribution in [0, 0.1) is 0 Å².